The van der Waals surface area contributed by atoms with Crippen LogP contribution in [0.2, 0.25) is 5.02 Å². The number of benzene rings is 1. The van der Waals surface area contributed by atoms with Gasteiger partial charge in [-0.05, 0) is 30.7 Å². The fourth-order valence-corrected chi connectivity index (χ4v) is 3.83. The summed E-state index contributed by atoms with van der Waals surface area (Å²) < 4.78 is 7.24. The van der Waals surface area contributed by atoms with Crippen LogP contribution >= 0.6 is 11.6 Å². The molecule has 6 nitrogen and oxygen atoms in total. The average Bonchev–Trinajstić information content (AvgIpc) is 3.11. The number of ether oxygens (including phenoxy) is 1. The minimum atomic E-state index is -0.110. The third kappa shape index (κ3) is 3.48. The molecule has 1 aromatic carbocycles. The minimum absolute atomic E-state index is 0.110. The number of pyridine rings is 1. The molecule has 1 saturated heterocycles. The van der Waals surface area contributed by atoms with Crippen molar-refractivity contribution in [2.75, 3.05) is 31.6 Å². The third-order valence-corrected chi connectivity index (χ3v) is 5.30. The van der Waals surface area contributed by atoms with Gasteiger partial charge in [-0.2, -0.15) is 0 Å². The molecule has 0 saturated carbocycles. The van der Waals surface area contributed by atoms with Gasteiger partial charge in [0.25, 0.3) is 0 Å². The van der Waals surface area contributed by atoms with Gasteiger partial charge in [0.1, 0.15) is 11.4 Å². The lowest BCUT2D eigenvalue weighted by atomic mass is 10.1. The van der Waals surface area contributed by atoms with Crippen LogP contribution in [0.15, 0.2) is 36.7 Å². The summed E-state index contributed by atoms with van der Waals surface area (Å²) in [5.41, 5.74) is 4.35. The van der Waals surface area contributed by atoms with Crippen LogP contribution in [-0.4, -0.2) is 47.3 Å². The van der Waals surface area contributed by atoms with Gasteiger partial charge in [-0.1, -0.05) is 11.6 Å². The quantitative estimate of drug-likeness (QED) is 0.721. The van der Waals surface area contributed by atoms with Crippen molar-refractivity contribution in [3.8, 4) is 17.0 Å². The molecule has 2 N–H and O–H groups in total. The van der Waals surface area contributed by atoms with Crippen LogP contribution in [0.1, 0.15) is 12.5 Å². The first kappa shape index (κ1) is 18.1. The summed E-state index contributed by atoms with van der Waals surface area (Å²) in [5.74, 6) is 0.545. The lowest BCUT2D eigenvalue weighted by Crippen LogP contribution is -2.49. The van der Waals surface area contributed by atoms with Gasteiger partial charge in [0.2, 0.25) is 0 Å². The van der Waals surface area contributed by atoms with Crippen LogP contribution in [0, 0.1) is 0 Å². The number of hydrogen-bond acceptors (Lipinski definition) is 5. The van der Waals surface area contributed by atoms with E-state index in [0.29, 0.717) is 16.8 Å². The molecule has 142 valence electrons. The van der Waals surface area contributed by atoms with Gasteiger partial charge in [-0.3, -0.25) is 0 Å². The van der Waals surface area contributed by atoms with E-state index in [2.05, 4.69) is 29.3 Å². The Morgan fingerprint density at radius 3 is 2.96 bits per heavy atom. The Bertz CT molecular complexity index is 972. The first-order valence-corrected chi connectivity index (χ1v) is 9.41. The molecule has 4 rings (SSSR count). The van der Waals surface area contributed by atoms with Crippen LogP contribution in [0.4, 0.5) is 5.69 Å². The van der Waals surface area contributed by atoms with Crippen molar-refractivity contribution in [1.29, 1.82) is 0 Å². The molecule has 0 bridgehead atoms. The number of halogens is 1. The molecule has 1 atom stereocenters. The highest BCUT2D eigenvalue weighted by molar-refractivity contribution is 6.32. The fourth-order valence-electron chi connectivity index (χ4n) is 3.59. The zero-order chi connectivity index (χ0) is 19.0. The molecule has 7 heteroatoms. The highest BCUT2D eigenvalue weighted by Crippen LogP contribution is 2.34. The van der Waals surface area contributed by atoms with Gasteiger partial charge < -0.3 is 24.5 Å². The smallest absolute Gasteiger partial charge is 0.139 e. The zero-order valence-corrected chi connectivity index (χ0v) is 16.2. The van der Waals surface area contributed by atoms with Gasteiger partial charge in [0.15, 0.2) is 0 Å². The summed E-state index contributed by atoms with van der Waals surface area (Å²) >= 11 is 6.29. The van der Waals surface area contributed by atoms with Crippen molar-refractivity contribution < 1.29 is 9.84 Å². The summed E-state index contributed by atoms with van der Waals surface area (Å²) in [6.07, 6.45) is 3.98. The maximum atomic E-state index is 9.76. The second-order valence-corrected chi connectivity index (χ2v) is 7.29. The zero-order valence-electron chi connectivity index (χ0n) is 15.4. The molecule has 3 aromatic rings. The second-order valence-electron chi connectivity index (χ2n) is 6.88. The molecule has 0 radical (unpaired) electrons. The molecule has 2 aromatic heterocycles. The average molecular weight is 387 g/mol. The number of aromatic nitrogens is 2. The number of methoxy groups -OCH3 is 1. The summed E-state index contributed by atoms with van der Waals surface area (Å²) in [5, 5.41) is 13.7. The largest absolute Gasteiger partial charge is 0.495 e. The Morgan fingerprint density at radius 2 is 2.22 bits per heavy atom. The van der Waals surface area contributed by atoms with Crippen LogP contribution in [0.3, 0.4) is 0 Å². The number of hydrogen-bond donors (Lipinski definition) is 2. The van der Waals surface area contributed by atoms with Crippen LogP contribution < -0.4 is 15.0 Å². The van der Waals surface area contributed by atoms with Gasteiger partial charge in [0.05, 0.1) is 24.4 Å². The fraction of sp³-hybridized carbons (Fsp3) is 0.350. The summed E-state index contributed by atoms with van der Waals surface area (Å²) in [6, 6.07) is 8.25. The number of piperazine rings is 1. The van der Waals surface area contributed by atoms with Gasteiger partial charge in [0, 0.05) is 55.4 Å². The Labute approximate surface area is 163 Å². The number of rotatable bonds is 4. The Morgan fingerprint density at radius 1 is 1.37 bits per heavy atom. The summed E-state index contributed by atoms with van der Waals surface area (Å²) in [7, 11) is 1.56. The normalized spacial score (nSPS) is 17.5. The van der Waals surface area contributed by atoms with Crippen molar-refractivity contribution in [2.24, 2.45) is 0 Å². The van der Waals surface area contributed by atoms with Crippen LogP contribution in [-0.2, 0) is 6.61 Å². The van der Waals surface area contributed by atoms with Crippen LogP contribution in [0.25, 0.3) is 16.9 Å². The lowest BCUT2D eigenvalue weighted by molar-refractivity contribution is 0.281. The predicted molar refractivity (Wildman–Crippen MR) is 108 cm³/mol. The maximum absolute atomic E-state index is 9.76. The number of nitrogens with zero attached hydrogens (tertiary/aromatic N) is 3. The number of aliphatic hydroxyl groups is 1. The highest BCUT2D eigenvalue weighted by atomic mass is 35.5. The molecule has 1 unspecified atom stereocenters. The van der Waals surface area contributed by atoms with E-state index in [1.54, 1.807) is 19.2 Å². The van der Waals surface area contributed by atoms with Gasteiger partial charge >= 0.3 is 0 Å². The lowest BCUT2D eigenvalue weighted by Gasteiger charge is -2.33. The highest BCUT2D eigenvalue weighted by Gasteiger charge is 2.17. The number of anilines is 1. The third-order valence-electron chi connectivity index (χ3n) is 5.00. The summed E-state index contributed by atoms with van der Waals surface area (Å²) in [6.45, 7) is 5.03. The van der Waals surface area contributed by atoms with Crippen molar-refractivity contribution in [2.45, 2.75) is 19.6 Å². The standard InChI is InChI=1S/C20H23ClN4O2/c1-13-10-24(6-4-22-13)15-3-5-25-11-18(23-20(25)8-15)16-9-17(21)19(27-2)7-14(16)12-26/h3,5,7-9,11,13,22,26H,4,6,10,12H2,1-2H3. The maximum Gasteiger partial charge on any atom is 0.139 e. The molecule has 1 aliphatic rings. The van der Waals surface area contributed by atoms with Crippen molar-refractivity contribution in [3.05, 3.63) is 47.2 Å². The Hall–Kier alpha value is -2.28. The van der Waals surface area contributed by atoms with E-state index < -0.39 is 0 Å². The molecular weight excluding hydrogens is 364 g/mol. The van der Waals surface area contributed by atoms with Crippen molar-refractivity contribution >= 4 is 22.9 Å². The molecule has 0 amide bonds. The first-order chi connectivity index (χ1) is 13.1. The van der Waals surface area contributed by atoms with Crippen molar-refractivity contribution in [3.63, 3.8) is 0 Å². The van der Waals surface area contributed by atoms with E-state index in [1.807, 2.05) is 16.8 Å². The van der Waals surface area contributed by atoms with E-state index in [9.17, 15) is 5.11 Å². The topological polar surface area (TPSA) is 62.0 Å². The van der Waals surface area contributed by atoms with E-state index in [0.717, 1.165) is 42.1 Å². The summed E-state index contributed by atoms with van der Waals surface area (Å²) in [4.78, 5) is 7.15. The molecular formula is C20H23ClN4O2. The second kappa shape index (κ2) is 7.38. The molecule has 1 aliphatic heterocycles. The van der Waals surface area contributed by atoms with E-state index in [-0.39, 0.29) is 6.61 Å². The minimum Gasteiger partial charge on any atom is -0.495 e. The van der Waals surface area contributed by atoms with E-state index >= 15 is 0 Å². The Balaban J connectivity index is 1.73. The van der Waals surface area contributed by atoms with Gasteiger partial charge in [-0.15, -0.1) is 0 Å². The molecule has 0 spiro atoms. The Kier molecular flexibility index (Phi) is 4.95. The first-order valence-electron chi connectivity index (χ1n) is 9.03. The number of nitrogens with one attached hydrogen (secondary N) is 1. The predicted octanol–water partition coefficient (Wildman–Crippen LogP) is 2.95. The van der Waals surface area contributed by atoms with Crippen molar-refractivity contribution in [1.82, 2.24) is 14.7 Å². The van der Waals surface area contributed by atoms with Gasteiger partial charge in [-0.25, -0.2) is 4.98 Å². The van der Waals surface area contributed by atoms with E-state index in [1.165, 1.54) is 5.69 Å². The molecule has 27 heavy (non-hydrogen) atoms. The molecule has 3 heterocycles. The number of fused-ring (bicyclic) bond motifs is 1. The molecule has 1 fully saturated rings. The van der Waals surface area contributed by atoms with Crippen LogP contribution in [0.5, 0.6) is 5.75 Å². The van der Waals surface area contributed by atoms with E-state index in [4.69, 9.17) is 21.3 Å². The SMILES string of the molecule is COc1cc(CO)c(-c2cn3ccc(N4CCNC(C)C4)cc3n2)cc1Cl. The number of aliphatic hydroxyl groups excluding tert-OH is 1. The monoisotopic (exact) mass is 386 g/mol. The molecule has 0 aliphatic carbocycles. The number of imidazole rings is 1.